The molecule has 0 N–H and O–H groups in total. The van der Waals surface area contributed by atoms with E-state index in [2.05, 4.69) is 6.92 Å². The summed E-state index contributed by atoms with van der Waals surface area (Å²) < 4.78 is 5.15. The topological polar surface area (TPSA) is 26.3 Å². The van der Waals surface area contributed by atoms with Crippen LogP contribution < -0.4 is 0 Å². The monoisotopic (exact) mass is 157 g/mol. The third kappa shape index (κ3) is 4.82. The van der Waals surface area contributed by atoms with Crippen molar-refractivity contribution in [2.45, 2.75) is 45.6 Å². The molecule has 0 rings (SSSR count). The van der Waals surface area contributed by atoms with Crippen LogP contribution in [-0.4, -0.2) is 11.6 Å². The molecule has 0 aromatic heterocycles. The molecule has 0 heterocycles. The molecule has 0 unspecified atom stereocenters. The Labute approximate surface area is 68.9 Å². The van der Waals surface area contributed by atoms with Gasteiger partial charge in [-0.1, -0.05) is 13.8 Å². The summed E-state index contributed by atoms with van der Waals surface area (Å²) in [5.74, 6) is -0.136. The molecule has 11 heavy (non-hydrogen) atoms. The number of esters is 1. The fraction of sp³-hybridized carbons (Fsp3) is 0.778. The Balaban J connectivity index is 3.80. The zero-order chi connectivity index (χ0) is 8.91. The lowest BCUT2D eigenvalue weighted by Gasteiger charge is -2.24. The second-order valence-corrected chi connectivity index (χ2v) is 3.19. The first kappa shape index (κ1) is 10.5. The van der Waals surface area contributed by atoms with Crippen LogP contribution in [0.1, 0.15) is 40.0 Å². The van der Waals surface area contributed by atoms with Crippen LogP contribution in [0.2, 0.25) is 0 Å². The highest BCUT2D eigenvalue weighted by atomic mass is 16.6. The molecule has 2 nitrogen and oxygen atoms in total. The number of hydrogen-bond acceptors (Lipinski definition) is 2. The van der Waals surface area contributed by atoms with Crippen LogP contribution in [0.3, 0.4) is 0 Å². The van der Waals surface area contributed by atoms with E-state index >= 15 is 0 Å². The summed E-state index contributed by atoms with van der Waals surface area (Å²) in [5, 5.41) is 0. The van der Waals surface area contributed by atoms with E-state index in [1.54, 1.807) is 6.92 Å². The maximum Gasteiger partial charge on any atom is 0.306 e. The molecular weight excluding hydrogens is 140 g/mol. The standard InChI is InChI=1S/C9H17O2/c1-5-7-9(3,4)11-8(10)6-2/h1,5-7H2,2-4H3. The molecule has 0 amide bonds. The number of ether oxygens (including phenoxy) is 1. The Morgan fingerprint density at radius 2 is 2.09 bits per heavy atom. The minimum atomic E-state index is -0.338. The van der Waals surface area contributed by atoms with Gasteiger partial charge in [0.1, 0.15) is 5.60 Å². The Morgan fingerprint density at radius 3 is 2.45 bits per heavy atom. The third-order valence-corrected chi connectivity index (χ3v) is 1.46. The van der Waals surface area contributed by atoms with Gasteiger partial charge in [-0.2, -0.15) is 0 Å². The predicted molar refractivity (Wildman–Crippen MR) is 45.1 cm³/mol. The van der Waals surface area contributed by atoms with Crippen molar-refractivity contribution in [2.75, 3.05) is 0 Å². The second-order valence-electron chi connectivity index (χ2n) is 3.19. The summed E-state index contributed by atoms with van der Waals surface area (Å²) in [6, 6.07) is 0. The Morgan fingerprint density at radius 1 is 1.55 bits per heavy atom. The first-order chi connectivity index (χ1) is 5.02. The maximum atomic E-state index is 10.9. The zero-order valence-corrected chi connectivity index (χ0v) is 7.64. The maximum absolute atomic E-state index is 10.9. The van der Waals surface area contributed by atoms with Crippen LogP contribution in [0.5, 0.6) is 0 Å². The van der Waals surface area contributed by atoms with Crippen molar-refractivity contribution in [1.82, 2.24) is 0 Å². The van der Waals surface area contributed by atoms with Crippen LogP contribution in [0.25, 0.3) is 0 Å². The van der Waals surface area contributed by atoms with Gasteiger partial charge in [-0.15, -0.1) is 0 Å². The summed E-state index contributed by atoms with van der Waals surface area (Å²) in [7, 11) is 0. The van der Waals surface area contributed by atoms with Crippen LogP contribution in [0, 0.1) is 6.92 Å². The van der Waals surface area contributed by atoms with Gasteiger partial charge >= 0.3 is 5.97 Å². The van der Waals surface area contributed by atoms with Crippen LogP contribution in [0.4, 0.5) is 0 Å². The quantitative estimate of drug-likeness (QED) is 0.585. The highest BCUT2D eigenvalue weighted by Gasteiger charge is 2.20. The summed E-state index contributed by atoms with van der Waals surface area (Å²) in [4.78, 5) is 10.9. The molecule has 0 aliphatic carbocycles. The van der Waals surface area contributed by atoms with Gasteiger partial charge in [-0.05, 0) is 26.7 Å². The molecule has 2 heteroatoms. The fourth-order valence-electron chi connectivity index (χ4n) is 0.857. The molecule has 1 radical (unpaired) electrons. The zero-order valence-electron chi connectivity index (χ0n) is 7.64. The van der Waals surface area contributed by atoms with Crippen LogP contribution in [0.15, 0.2) is 0 Å². The number of carbonyl (C=O) groups is 1. The molecule has 0 aromatic rings. The van der Waals surface area contributed by atoms with E-state index in [0.717, 1.165) is 12.8 Å². The van der Waals surface area contributed by atoms with E-state index in [4.69, 9.17) is 4.74 Å². The largest absolute Gasteiger partial charge is 0.460 e. The van der Waals surface area contributed by atoms with Crippen LogP contribution in [-0.2, 0) is 9.53 Å². The van der Waals surface area contributed by atoms with Gasteiger partial charge in [-0.25, -0.2) is 0 Å². The van der Waals surface area contributed by atoms with Crippen molar-refractivity contribution in [2.24, 2.45) is 0 Å². The normalized spacial score (nSPS) is 11.3. The van der Waals surface area contributed by atoms with Gasteiger partial charge in [0.25, 0.3) is 0 Å². The highest BCUT2D eigenvalue weighted by Crippen LogP contribution is 2.16. The Kier molecular flexibility index (Phi) is 4.16. The molecule has 0 saturated heterocycles. The van der Waals surface area contributed by atoms with Crippen molar-refractivity contribution in [3.05, 3.63) is 6.92 Å². The fourth-order valence-corrected chi connectivity index (χ4v) is 0.857. The molecule has 0 atom stereocenters. The summed E-state index contributed by atoms with van der Waals surface area (Å²) in [5.41, 5.74) is -0.338. The number of carbonyl (C=O) groups excluding carboxylic acids is 1. The van der Waals surface area contributed by atoms with Crippen molar-refractivity contribution >= 4 is 5.97 Å². The summed E-state index contributed by atoms with van der Waals surface area (Å²) in [6.07, 6.45) is 2.06. The Bertz CT molecular complexity index is 128. The smallest absolute Gasteiger partial charge is 0.306 e. The van der Waals surface area contributed by atoms with Gasteiger partial charge in [-0.3, -0.25) is 4.79 Å². The molecule has 65 valence electrons. The lowest BCUT2D eigenvalue weighted by molar-refractivity contribution is -0.156. The van der Waals surface area contributed by atoms with E-state index in [9.17, 15) is 4.79 Å². The molecule has 0 spiro atoms. The predicted octanol–water partition coefficient (Wildman–Crippen LogP) is 2.33. The van der Waals surface area contributed by atoms with Gasteiger partial charge in [0.05, 0.1) is 0 Å². The lowest BCUT2D eigenvalue weighted by Crippen LogP contribution is -2.27. The third-order valence-electron chi connectivity index (χ3n) is 1.46. The van der Waals surface area contributed by atoms with Crippen molar-refractivity contribution in [3.63, 3.8) is 0 Å². The Hall–Kier alpha value is -0.530. The van der Waals surface area contributed by atoms with E-state index in [1.807, 2.05) is 13.8 Å². The molecule has 0 bridgehead atoms. The van der Waals surface area contributed by atoms with Crippen molar-refractivity contribution in [1.29, 1.82) is 0 Å². The lowest BCUT2D eigenvalue weighted by atomic mass is 10.0. The second kappa shape index (κ2) is 4.37. The first-order valence-corrected chi connectivity index (χ1v) is 4.03. The van der Waals surface area contributed by atoms with Crippen molar-refractivity contribution < 1.29 is 9.53 Å². The van der Waals surface area contributed by atoms with Gasteiger partial charge < -0.3 is 4.74 Å². The SMILES string of the molecule is [CH2]CCC(C)(C)OC(=O)CC. The molecule has 0 aliphatic heterocycles. The summed E-state index contributed by atoms with van der Waals surface area (Å²) in [6.45, 7) is 9.32. The molecular formula is C9H17O2. The average molecular weight is 157 g/mol. The van der Waals surface area contributed by atoms with E-state index in [0.29, 0.717) is 6.42 Å². The van der Waals surface area contributed by atoms with Gasteiger partial charge in [0, 0.05) is 6.42 Å². The molecule has 0 saturated carbocycles. The minimum absolute atomic E-state index is 0.136. The summed E-state index contributed by atoms with van der Waals surface area (Å²) >= 11 is 0. The molecule has 0 aromatic carbocycles. The number of rotatable bonds is 4. The van der Waals surface area contributed by atoms with E-state index in [-0.39, 0.29) is 11.6 Å². The van der Waals surface area contributed by atoms with Gasteiger partial charge in [0.2, 0.25) is 0 Å². The van der Waals surface area contributed by atoms with Gasteiger partial charge in [0.15, 0.2) is 0 Å². The average Bonchev–Trinajstić information content (AvgIpc) is 1.86. The molecule has 0 fully saturated rings. The van der Waals surface area contributed by atoms with E-state index < -0.39 is 0 Å². The molecule has 0 aliphatic rings. The minimum Gasteiger partial charge on any atom is -0.460 e. The highest BCUT2D eigenvalue weighted by molar-refractivity contribution is 5.69. The first-order valence-electron chi connectivity index (χ1n) is 4.03. The van der Waals surface area contributed by atoms with Crippen LogP contribution >= 0.6 is 0 Å². The number of hydrogen-bond donors (Lipinski definition) is 0. The van der Waals surface area contributed by atoms with Crippen molar-refractivity contribution in [3.8, 4) is 0 Å². The van der Waals surface area contributed by atoms with E-state index in [1.165, 1.54) is 0 Å².